The molecular formula is C20H21F3N2O. The zero-order chi connectivity index (χ0) is 18.6. The molecule has 3 nitrogen and oxygen atoms in total. The minimum absolute atomic E-state index is 0.0747. The molecule has 26 heavy (non-hydrogen) atoms. The number of likely N-dealkylation sites (tertiary alicyclic amines) is 1. The van der Waals surface area contributed by atoms with Gasteiger partial charge in [-0.05, 0) is 55.4 Å². The number of benzene rings is 1. The maximum absolute atomic E-state index is 12.8. The van der Waals surface area contributed by atoms with Crippen LogP contribution >= 0.6 is 0 Å². The summed E-state index contributed by atoms with van der Waals surface area (Å²) in [5, 5.41) is 0. The van der Waals surface area contributed by atoms with Crippen molar-refractivity contribution in [3.8, 4) is 0 Å². The van der Waals surface area contributed by atoms with E-state index in [0.29, 0.717) is 36.7 Å². The molecule has 0 radical (unpaired) electrons. The van der Waals surface area contributed by atoms with E-state index in [1.807, 2.05) is 4.90 Å². The Labute approximate surface area is 150 Å². The fourth-order valence-electron chi connectivity index (χ4n) is 3.41. The SMILES string of the molecule is O=C(c1ccccn1)N1CCC[C@H](CCc2cccc(C(F)(F)F)c2)C1. The summed E-state index contributed by atoms with van der Waals surface area (Å²) in [6.45, 7) is 1.34. The molecule has 1 saturated heterocycles. The predicted octanol–water partition coefficient (Wildman–Crippen LogP) is 4.59. The van der Waals surface area contributed by atoms with Gasteiger partial charge in [-0.1, -0.05) is 24.3 Å². The first kappa shape index (κ1) is 18.4. The summed E-state index contributed by atoms with van der Waals surface area (Å²) < 4.78 is 38.4. The highest BCUT2D eigenvalue weighted by Gasteiger charge is 2.30. The number of carbonyl (C=O) groups excluding carboxylic acids is 1. The molecule has 6 heteroatoms. The van der Waals surface area contributed by atoms with E-state index in [9.17, 15) is 18.0 Å². The van der Waals surface area contributed by atoms with Gasteiger partial charge in [0.2, 0.25) is 0 Å². The van der Waals surface area contributed by atoms with E-state index < -0.39 is 11.7 Å². The fraction of sp³-hybridized carbons (Fsp3) is 0.400. The summed E-state index contributed by atoms with van der Waals surface area (Å²) in [6, 6.07) is 10.8. The number of halogens is 3. The summed E-state index contributed by atoms with van der Waals surface area (Å²) in [5.74, 6) is 0.223. The molecular weight excluding hydrogens is 341 g/mol. The van der Waals surface area contributed by atoms with E-state index in [2.05, 4.69) is 4.98 Å². The van der Waals surface area contributed by atoms with E-state index in [1.54, 1.807) is 30.5 Å². The highest BCUT2D eigenvalue weighted by molar-refractivity contribution is 5.92. The number of aryl methyl sites for hydroxylation is 1. The van der Waals surface area contributed by atoms with Gasteiger partial charge in [0.25, 0.3) is 5.91 Å². The molecule has 1 aliphatic heterocycles. The van der Waals surface area contributed by atoms with E-state index in [0.717, 1.165) is 25.3 Å². The monoisotopic (exact) mass is 362 g/mol. The van der Waals surface area contributed by atoms with Crippen molar-refractivity contribution in [1.82, 2.24) is 9.88 Å². The summed E-state index contributed by atoms with van der Waals surface area (Å²) in [6.07, 6.45) is 0.541. The van der Waals surface area contributed by atoms with Crippen LogP contribution in [0.2, 0.25) is 0 Å². The predicted molar refractivity (Wildman–Crippen MR) is 92.6 cm³/mol. The van der Waals surface area contributed by atoms with Crippen LogP contribution in [0.4, 0.5) is 13.2 Å². The van der Waals surface area contributed by atoms with E-state index in [1.165, 1.54) is 12.1 Å². The van der Waals surface area contributed by atoms with Crippen molar-refractivity contribution < 1.29 is 18.0 Å². The van der Waals surface area contributed by atoms with Gasteiger partial charge >= 0.3 is 6.18 Å². The third-order valence-electron chi connectivity index (χ3n) is 4.79. The summed E-state index contributed by atoms with van der Waals surface area (Å²) >= 11 is 0. The fourth-order valence-corrected chi connectivity index (χ4v) is 3.41. The number of hydrogen-bond donors (Lipinski definition) is 0. The Morgan fingerprint density at radius 1 is 1.19 bits per heavy atom. The van der Waals surface area contributed by atoms with E-state index >= 15 is 0 Å². The van der Waals surface area contributed by atoms with Crippen molar-refractivity contribution in [2.45, 2.75) is 31.9 Å². The van der Waals surface area contributed by atoms with Gasteiger partial charge in [-0.3, -0.25) is 9.78 Å². The largest absolute Gasteiger partial charge is 0.416 e. The van der Waals surface area contributed by atoms with Crippen LogP contribution in [-0.2, 0) is 12.6 Å². The summed E-state index contributed by atoms with van der Waals surface area (Å²) in [4.78, 5) is 18.4. The Morgan fingerprint density at radius 3 is 2.77 bits per heavy atom. The molecule has 1 atom stereocenters. The zero-order valence-electron chi connectivity index (χ0n) is 14.4. The minimum Gasteiger partial charge on any atom is -0.337 e. The maximum Gasteiger partial charge on any atom is 0.416 e. The van der Waals surface area contributed by atoms with Crippen molar-refractivity contribution in [3.63, 3.8) is 0 Å². The highest BCUT2D eigenvalue weighted by Crippen LogP contribution is 2.30. The van der Waals surface area contributed by atoms with Gasteiger partial charge in [0.1, 0.15) is 5.69 Å². The number of rotatable bonds is 4. The topological polar surface area (TPSA) is 33.2 Å². The van der Waals surface area contributed by atoms with Crippen LogP contribution in [0.1, 0.15) is 40.9 Å². The zero-order valence-corrected chi connectivity index (χ0v) is 14.4. The Balaban J connectivity index is 1.58. The lowest BCUT2D eigenvalue weighted by molar-refractivity contribution is -0.137. The lowest BCUT2D eigenvalue weighted by atomic mass is 9.91. The van der Waals surface area contributed by atoms with Gasteiger partial charge in [-0.15, -0.1) is 0 Å². The van der Waals surface area contributed by atoms with E-state index in [-0.39, 0.29) is 5.91 Å². The van der Waals surface area contributed by atoms with Crippen LogP contribution in [0.3, 0.4) is 0 Å². The third-order valence-corrected chi connectivity index (χ3v) is 4.79. The standard InChI is InChI=1S/C20H21F3N2O/c21-20(22,23)17-7-3-5-15(13-17)9-10-16-6-4-12-25(14-16)19(26)18-8-1-2-11-24-18/h1-3,5,7-8,11,13,16H,4,6,9-10,12,14H2/t16-/m1/s1. The molecule has 0 aliphatic carbocycles. The van der Waals surface area contributed by atoms with Gasteiger partial charge in [0.05, 0.1) is 5.56 Å². The Kier molecular flexibility index (Phi) is 5.59. The minimum atomic E-state index is -4.31. The second kappa shape index (κ2) is 7.89. The number of aromatic nitrogens is 1. The molecule has 2 heterocycles. The molecule has 0 unspecified atom stereocenters. The van der Waals surface area contributed by atoms with Gasteiger partial charge in [-0.2, -0.15) is 13.2 Å². The van der Waals surface area contributed by atoms with Gasteiger partial charge in [0, 0.05) is 19.3 Å². The quantitative estimate of drug-likeness (QED) is 0.797. The third kappa shape index (κ3) is 4.62. The van der Waals surface area contributed by atoms with Crippen LogP contribution in [0, 0.1) is 5.92 Å². The Hall–Kier alpha value is -2.37. The van der Waals surface area contributed by atoms with Crippen molar-refractivity contribution >= 4 is 5.91 Å². The second-order valence-electron chi connectivity index (χ2n) is 6.71. The molecule has 0 N–H and O–H groups in total. The maximum atomic E-state index is 12.8. The lowest BCUT2D eigenvalue weighted by Gasteiger charge is -2.32. The Morgan fingerprint density at radius 2 is 2.04 bits per heavy atom. The number of alkyl halides is 3. The number of amides is 1. The van der Waals surface area contributed by atoms with Crippen LogP contribution in [0.15, 0.2) is 48.7 Å². The van der Waals surface area contributed by atoms with Crippen molar-refractivity contribution in [2.24, 2.45) is 5.92 Å². The molecule has 1 aromatic carbocycles. The molecule has 0 saturated carbocycles. The van der Waals surface area contributed by atoms with Crippen molar-refractivity contribution in [3.05, 3.63) is 65.5 Å². The number of carbonyl (C=O) groups is 1. The molecule has 1 aromatic heterocycles. The molecule has 1 fully saturated rings. The first-order valence-corrected chi connectivity index (χ1v) is 8.80. The highest BCUT2D eigenvalue weighted by atomic mass is 19.4. The van der Waals surface area contributed by atoms with Crippen LogP contribution in [0.5, 0.6) is 0 Å². The molecule has 3 rings (SSSR count). The van der Waals surface area contributed by atoms with E-state index in [4.69, 9.17) is 0 Å². The van der Waals surface area contributed by atoms with Crippen LogP contribution < -0.4 is 0 Å². The molecule has 0 spiro atoms. The summed E-state index contributed by atoms with van der Waals surface area (Å²) in [5.41, 5.74) is 0.518. The molecule has 1 amide bonds. The second-order valence-corrected chi connectivity index (χ2v) is 6.71. The number of hydrogen-bond acceptors (Lipinski definition) is 2. The van der Waals surface area contributed by atoms with Gasteiger partial charge < -0.3 is 4.90 Å². The smallest absolute Gasteiger partial charge is 0.337 e. The molecule has 1 aliphatic rings. The van der Waals surface area contributed by atoms with Crippen LogP contribution in [-0.4, -0.2) is 28.9 Å². The van der Waals surface area contributed by atoms with Crippen molar-refractivity contribution in [2.75, 3.05) is 13.1 Å². The number of pyridine rings is 1. The average Bonchev–Trinajstić information content (AvgIpc) is 2.66. The molecule has 0 bridgehead atoms. The molecule has 2 aromatic rings. The normalized spacial score (nSPS) is 18.0. The summed E-state index contributed by atoms with van der Waals surface area (Å²) in [7, 11) is 0. The number of piperidine rings is 1. The van der Waals surface area contributed by atoms with Crippen LogP contribution in [0.25, 0.3) is 0 Å². The first-order chi connectivity index (χ1) is 12.4. The molecule has 138 valence electrons. The first-order valence-electron chi connectivity index (χ1n) is 8.80. The van der Waals surface area contributed by atoms with Gasteiger partial charge in [-0.25, -0.2) is 0 Å². The average molecular weight is 362 g/mol. The number of nitrogens with zero attached hydrogens (tertiary/aromatic N) is 2. The Bertz CT molecular complexity index is 746. The lowest BCUT2D eigenvalue weighted by Crippen LogP contribution is -2.40. The van der Waals surface area contributed by atoms with Gasteiger partial charge in [0.15, 0.2) is 0 Å². The van der Waals surface area contributed by atoms with Crippen molar-refractivity contribution in [1.29, 1.82) is 0 Å².